The molecule has 7 heteroatoms. The molecular weight excluding hydrogens is 284 g/mol. The number of methoxy groups -OCH3 is 2. The van der Waals surface area contributed by atoms with Crippen LogP contribution in [0.15, 0.2) is 12.3 Å². The molecule has 1 atom stereocenters. The van der Waals surface area contributed by atoms with Crippen LogP contribution >= 0.6 is 0 Å². The number of amides is 2. The first-order chi connectivity index (χ1) is 10.6. The molecule has 2 heterocycles. The molecule has 1 aromatic heterocycles. The lowest BCUT2D eigenvalue weighted by Gasteiger charge is -2.26. The van der Waals surface area contributed by atoms with E-state index in [1.807, 2.05) is 4.90 Å². The first-order valence-electron chi connectivity index (χ1n) is 7.50. The molecule has 1 aromatic rings. The summed E-state index contributed by atoms with van der Waals surface area (Å²) in [7, 11) is 3.28. The lowest BCUT2D eigenvalue weighted by atomic mass is 9.97. The Hall–Kier alpha value is -1.89. The molecule has 1 unspecified atom stereocenters. The summed E-state index contributed by atoms with van der Waals surface area (Å²) in [5.74, 6) is 1.02. The van der Waals surface area contributed by atoms with Gasteiger partial charge in [0, 0.05) is 32.5 Å². The number of aromatic nitrogens is 2. The molecule has 0 aromatic carbocycles. The van der Waals surface area contributed by atoms with Gasteiger partial charge in [0.15, 0.2) is 5.82 Å². The van der Waals surface area contributed by atoms with Crippen LogP contribution in [0.3, 0.4) is 0 Å². The van der Waals surface area contributed by atoms with Crippen LogP contribution in [0, 0.1) is 0 Å². The minimum atomic E-state index is -0.134. The number of carbonyl (C=O) groups excluding carboxylic acids is 1. The normalized spacial score (nSPS) is 22.0. The van der Waals surface area contributed by atoms with Crippen molar-refractivity contribution in [3.63, 3.8) is 0 Å². The zero-order valence-electron chi connectivity index (χ0n) is 13.5. The first-order valence-corrected chi connectivity index (χ1v) is 7.50. The summed E-state index contributed by atoms with van der Waals surface area (Å²) >= 11 is 0. The van der Waals surface area contributed by atoms with E-state index in [1.165, 1.54) is 0 Å². The SMILES string of the molecule is COc1ccnc(CNC(=O)N2CCCC(C)(OC)CC2)n1. The molecule has 1 fully saturated rings. The van der Waals surface area contributed by atoms with Crippen molar-refractivity contribution in [2.45, 2.75) is 38.3 Å². The van der Waals surface area contributed by atoms with Crippen LogP contribution in [0.1, 0.15) is 32.0 Å². The van der Waals surface area contributed by atoms with Gasteiger partial charge in [-0.05, 0) is 26.2 Å². The maximum Gasteiger partial charge on any atom is 0.317 e. The topological polar surface area (TPSA) is 76.6 Å². The number of hydrogen-bond acceptors (Lipinski definition) is 5. The highest BCUT2D eigenvalue weighted by atomic mass is 16.5. The van der Waals surface area contributed by atoms with Gasteiger partial charge in [-0.3, -0.25) is 0 Å². The molecule has 122 valence electrons. The van der Waals surface area contributed by atoms with E-state index in [1.54, 1.807) is 26.5 Å². The molecular formula is C15H24N4O3. The number of hydrogen-bond donors (Lipinski definition) is 1. The van der Waals surface area contributed by atoms with Crippen LogP contribution in [-0.4, -0.2) is 53.8 Å². The fourth-order valence-electron chi connectivity index (χ4n) is 2.51. The molecule has 0 saturated carbocycles. The number of urea groups is 1. The average molecular weight is 308 g/mol. The summed E-state index contributed by atoms with van der Waals surface area (Å²) in [6.45, 7) is 3.81. The minimum Gasteiger partial charge on any atom is -0.481 e. The van der Waals surface area contributed by atoms with Crippen LogP contribution < -0.4 is 10.1 Å². The maximum absolute atomic E-state index is 12.3. The van der Waals surface area contributed by atoms with Gasteiger partial charge in [-0.25, -0.2) is 9.78 Å². The molecule has 2 rings (SSSR count). The van der Waals surface area contributed by atoms with Gasteiger partial charge in [-0.15, -0.1) is 0 Å². The lowest BCUT2D eigenvalue weighted by molar-refractivity contribution is -0.00500. The largest absolute Gasteiger partial charge is 0.481 e. The van der Waals surface area contributed by atoms with Crippen LogP contribution in [-0.2, 0) is 11.3 Å². The van der Waals surface area contributed by atoms with Crippen LogP contribution in [0.5, 0.6) is 5.88 Å². The van der Waals surface area contributed by atoms with E-state index in [-0.39, 0.29) is 18.2 Å². The van der Waals surface area contributed by atoms with Crippen molar-refractivity contribution in [3.8, 4) is 5.88 Å². The van der Waals surface area contributed by atoms with Crippen molar-refractivity contribution in [2.24, 2.45) is 0 Å². The molecule has 0 bridgehead atoms. The predicted octanol–water partition coefficient (Wildman–Crippen LogP) is 1.59. The average Bonchev–Trinajstić information content (AvgIpc) is 2.75. The third-order valence-corrected chi connectivity index (χ3v) is 4.11. The second-order valence-electron chi connectivity index (χ2n) is 5.67. The maximum atomic E-state index is 12.3. The van der Waals surface area contributed by atoms with Gasteiger partial charge in [0.25, 0.3) is 0 Å². The highest BCUT2D eigenvalue weighted by Gasteiger charge is 2.29. The number of rotatable bonds is 4. The zero-order valence-corrected chi connectivity index (χ0v) is 13.5. The number of likely N-dealkylation sites (tertiary alicyclic amines) is 1. The summed E-state index contributed by atoms with van der Waals surface area (Å²) in [6.07, 6.45) is 4.36. The van der Waals surface area contributed by atoms with E-state index in [4.69, 9.17) is 9.47 Å². The molecule has 0 spiro atoms. The Morgan fingerprint density at radius 1 is 1.41 bits per heavy atom. The number of nitrogens with zero attached hydrogens (tertiary/aromatic N) is 3. The number of nitrogens with one attached hydrogen (secondary N) is 1. The molecule has 1 saturated heterocycles. The van der Waals surface area contributed by atoms with E-state index < -0.39 is 0 Å². The highest BCUT2D eigenvalue weighted by Crippen LogP contribution is 2.24. The molecule has 0 radical (unpaired) electrons. The summed E-state index contributed by atoms with van der Waals surface area (Å²) in [4.78, 5) is 22.4. The molecule has 1 N–H and O–H groups in total. The van der Waals surface area contributed by atoms with Crippen molar-refractivity contribution in [1.82, 2.24) is 20.2 Å². The predicted molar refractivity (Wildman–Crippen MR) is 81.7 cm³/mol. The number of carbonyl (C=O) groups is 1. The summed E-state index contributed by atoms with van der Waals surface area (Å²) < 4.78 is 10.6. The minimum absolute atomic E-state index is 0.0910. The Balaban J connectivity index is 1.86. The monoisotopic (exact) mass is 308 g/mol. The van der Waals surface area contributed by atoms with Gasteiger partial charge in [0.05, 0.1) is 19.3 Å². The first kappa shape index (κ1) is 16.5. The second-order valence-corrected chi connectivity index (χ2v) is 5.67. The van der Waals surface area contributed by atoms with E-state index in [9.17, 15) is 4.79 Å². The Morgan fingerprint density at radius 3 is 2.95 bits per heavy atom. The van der Waals surface area contributed by atoms with E-state index >= 15 is 0 Å². The van der Waals surface area contributed by atoms with Gasteiger partial charge >= 0.3 is 6.03 Å². The van der Waals surface area contributed by atoms with Gasteiger partial charge < -0.3 is 19.7 Å². The Bertz CT molecular complexity index is 511. The van der Waals surface area contributed by atoms with Crippen molar-refractivity contribution < 1.29 is 14.3 Å². The fourth-order valence-corrected chi connectivity index (χ4v) is 2.51. The third kappa shape index (κ3) is 4.30. The molecule has 7 nitrogen and oxygen atoms in total. The Kier molecular flexibility index (Phi) is 5.54. The molecule has 0 aliphatic carbocycles. The van der Waals surface area contributed by atoms with E-state index in [0.29, 0.717) is 18.2 Å². The second kappa shape index (κ2) is 7.40. The van der Waals surface area contributed by atoms with Gasteiger partial charge in [0.1, 0.15) is 0 Å². The van der Waals surface area contributed by atoms with Crippen LogP contribution in [0.2, 0.25) is 0 Å². The third-order valence-electron chi connectivity index (χ3n) is 4.11. The van der Waals surface area contributed by atoms with Crippen molar-refractivity contribution in [1.29, 1.82) is 0 Å². The van der Waals surface area contributed by atoms with Crippen LogP contribution in [0.25, 0.3) is 0 Å². The van der Waals surface area contributed by atoms with Crippen molar-refractivity contribution >= 4 is 6.03 Å². The lowest BCUT2D eigenvalue weighted by Crippen LogP contribution is -2.41. The fraction of sp³-hybridized carbons (Fsp3) is 0.667. The van der Waals surface area contributed by atoms with Crippen molar-refractivity contribution in [3.05, 3.63) is 18.1 Å². The molecule has 22 heavy (non-hydrogen) atoms. The van der Waals surface area contributed by atoms with Crippen LogP contribution in [0.4, 0.5) is 4.79 Å². The number of ether oxygens (including phenoxy) is 2. The van der Waals surface area contributed by atoms with Gasteiger partial charge in [-0.2, -0.15) is 4.98 Å². The highest BCUT2D eigenvalue weighted by molar-refractivity contribution is 5.74. The summed E-state index contributed by atoms with van der Waals surface area (Å²) in [6, 6.07) is 1.58. The van der Waals surface area contributed by atoms with Crippen molar-refractivity contribution in [2.75, 3.05) is 27.3 Å². The zero-order chi connectivity index (χ0) is 16.0. The molecule has 1 aliphatic heterocycles. The standard InChI is InChI=1S/C15H24N4O3/c1-15(22-3)6-4-9-19(10-7-15)14(20)17-11-12-16-8-5-13(18-12)21-2/h5,8H,4,6-7,9-11H2,1-3H3,(H,17,20). The van der Waals surface area contributed by atoms with E-state index in [0.717, 1.165) is 25.8 Å². The summed E-state index contributed by atoms with van der Waals surface area (Å²) in [5, 5.41) is 2.86. The van der Waals surface area contributed by atoms with E-state index in [2.05, 4.69) is 22.2 Å². The Morgan fingerprint density at radius 2 is 2.23 bits per heavy atom. The Labute approximate surface area is 131 Å². The molecule has 2 amide bonds. The smallest absolute Gasteiger partial charge is 0.317 e. The summed E-state index contributed by atoms with van der Waals surface area (Å²) in [5.41, 5.74) is -0.134. The van der Waals surface area contributed by atoms with Gasteiger partial charge in [-0.1, -0.05) is 0 Å². The molecule has 1 aliphatic rings. The van der Waals surface area contributed by atoms with Gasteiger partial charge in [0.2, 0.25) is 5.88 Å². The quantitative estimate of drug-likeness (QED) is 0.914.